The number of ether oxygens (including phenoxy) is 2. The lowest BCUT2D eigenvalue weighted by molar-refractivity contribution is -0.0775. The van der Waals surface area contributed by atoms with Gasteiger partial charge < -0.3 is 9.47 Å². The summed E-state index contributed by atoms with van der Waals surface area (Å²) in [5, 5.41) is 0. The smallest absolute Gasteiger partial charge is 0.0829 e. The van der Waals surface area contributed by atoms with E-state index in [4.69, 9.17) is 9.47 Å². The number of hydrogen-bond donors (Lipinski definition) is 0. The first kappa shape index (κ1) is 17.3. The van der Waals surface area contributed by atoms with Gasteiger partial charge in [0.05, 0.1) is 17.6 Å². The summed E-state index contributed by atoms with van der Waals surface area (Å²) >= 11 is 1.90. The molecule has 1 aliphatic rings. The van der Waals surface area contributed by atoms with Crippen LogP contribution in [0.3, 0.4) is 0 Å². The quantitative estimate of drug-likeness (QED) is 0.640. The fourth-order valence-electron chi connectivity index (χ4n) is 1.90. The molecule has 0 radical (unpaired) electrons. The molecular weight excluding hydrogens is 258 g/mol. The fraction of sp³-hybridized carbons (Fsp3) is 1.00. The second-order valence-electron chi connectivity index (χ2n) is 7.02. The molecule has 4 heteroatoms. The molecule has 0 aromatic carbocycles. The molecule has 0 atom stereocenters. The molecular formula is C15H31NO2S. The van der Waals surface area contributed by atoms with Crippen molar-refractivity contribution in [3.63, 3.8) is 0 Å². The van der Waals surface area contributed by atoms with Crippen LogP contribution in [0.4, 0.5) is 0 Å². The minimum Gasteiger partial charge on any atom is -0.381 e. The molecule has 0 amide bonds. The maximum absolute atomic E-state index is 5.85. The summed E-state index contributed by atoms with van der Waals surface area (Å²) in [5.74, 6) is 0. The van der Waals surface area contributed by atoms with E-state index >= 15 is 0 Å². The Bertz CT molecular complexity index is 257. The van der Waals surface area contributed by atoms with E-state index in [-0.39, 0.29) is 10.3 Å². The summed E-state index contributed by atoms with van der Waals surface area (Å²) < 4.78 is 11.5. The van der Waals surface area contributed by atoms with Gasteiger partial charge in [0.2, 0.25) is 0 Å². The molecule has 114 valence electrons. The molecule has 19 heavy (non-hydrogen) atoms. The van der Waals surface area contributed by atoms with E-state index in [9.17, 15) is 0 Å². The van der Waals surface area contributed by atoms with E-state index in [2.05, 4.69) is 45.8 Å². The Morgan fingerprint density at radius 3 is 2.26 bits per heavy atom. The average Bonchev–Trinajstić information content (AvgIpc) is 2.23. The molecule has 1 heterocycles. The van der Waals surface area contributed by atoms with E-state index in [1.807, 2.05) is 11.8 Å². The normalized spacial score (nSPS) is 18.6. The lowest BCUT2D eigenvalue weighted by atomic mass is 9.99. The van der Waals surface area contributed by atoms with Crippen molar-refractivity contribution in [2.75, 3.05) is 39.2 Å². The van der Waals surface area contributed by atoms with Crippen LogP contribution in [0.1, 0.15) is 41.0 Å². The lowest BCUT2D eigenvalue weighted by Crippen LogP contribution is -2.59. The molecule has 0 bridgehead atoms. The standard InChI is InChI=1S/C15H31NO2S/c1-14(2,3)12-17-8-7-9-18-13-10-16(11-13)15(4,5)19-6/h13H,7-12H2,1-6H3. The van der Waals surface area contributed by atoms with Crippen molar-refractivity contribution < 1.29 is 9.47 Å². The Hall–Kier alpha value is 0.230. The van der Waals surface area contributed by atoms with Crippen LogP contribution in [-0.4, -0.2) is 55.0 Å². The highest BCUT2D eigenvalue weighted by atomic mass is 32.2. The Balaban J connectivity index is 1.96. The largest absolute Gasteiger partial charge is 0.381 e. The maximum atomic E-state index is 5.85. The van der Waals surface area contributed by atoms with Crippen molar-refractivity contribution in [2.45, 2.75) is 52.0 Å². The van der Waals surface area contributed by atoms with Gasteiger partial charge in [0, 0.05) is 26.3 Å². The van der Waals surface area contributed by atoms with Crippen LogP contribution in [0.25, 0.3) is 0 Å². The fourth-order valence-corrected chi connectivity index (χ4v) is 2.31. The van der Waals surface area contributed by atoms with Gasteiger partial charge in [-0.15, -0.1) is 11.8 Å². The maximum Gasteiger partial charge on any atom is 0.0829 e. The van der Waals surface area contributed by atoms with Crippen molar-refractivity contribution in [1.29, 1.82) is 0 Å². The molecule has 0 N–H and O–H groups in total. The van der Waals surface area contributed by atoms with Crippen LogP contribution in [0, 0.1) is 5.41 Å². The summed E-state index contributed by atoms with van der Waals surface area (Å²) in [6.45, 7) is 15.7. The topological polar surface area (TPSA) is 21.7 Å². The molecule has 0 aromatic heterocycles. The van der Waals surface area contributed by atoms with E-state index in [1.165, 1.54) is 0 Å². The average molecular weight is 289 g/mol. The zero-order chi connectivity index (χ0) is 14.5. The number of nitrogens with zero attached hydrogens (tertiary/aromatic N) is 1. The van der Waals surface area contributed by atoms with Crippen LogP contribution in [0.5, 0.6) is 0 Å². The van der Waals surface area contributed by atoms with Gasteiger partial charge in [0.1, 0.15) is 0 Å². The number of likely N-dealkylation sites (tertiary alicyclic amines) is 1. The van der Waals surface area contributed by atoms with Crippen molar-refractivity contribution in [3.8, 4) is 0 Å². The third-order valence-corrected chi connectivity index (χ3v) is 4.69. The highest BCUT2D eigenvalue weighted by Crippen LogP contribution is 2.31. The van der Waals surface area contributed by atoms with E-state index in [1.54, 1.807) is 0 Å². The van der Waals surface area contributed by atoms with E-state index < -0.39 is 0 Å². The summed E-state index contributed by atoms with van der Waals surface area (Å²) in [6.07, 6.45) is 3.59. The lowest BCUT2D eigenvalue weighted by Gasteiger charge is -2.48. The molecule has 1 rings (SSSR count). The van der Waals surface area contributed by atoms with Gasteiger partial charge >= 0.3 is 0 Å². The van der Waals surface area contributed by atoms with Crippen LogP contribution in [0.15, 0.2) is 0 Å². The zero-order valence-electron chi connectivity index (χ0n) is 13.5. The summed E-state index contributed by atoms with van der Waals surface area (Å²) in [5.41, 5.74) is 0.263. The minimum atomic E-state index is 0.246. The van der Waals surface area contributed by atoms with Crippen molar-refractivity contribution in [2.24, 2.45) is 5.41 Å². The summed E-state index contributed by atoms with van der Waals surface area (Å²) in [6, 6.07) is 0. The van der Waals surface area contributed by atoms with Gasteiger partial charge in [-0.2, -0.15) is 0 Å². The predicted molar refractivity (Wildman–Crippen MR) is 83.8 cm³/mol. The summed E-state index contributed by atoms with van der Waals surface area (Å²) in [7, 11) is 0. The second-order valence-corrected chi connectivity index (χ2v) is 8.42. The van der Waals surface area contributed by atoms with Crippen LogP contribution in [-0.2, 0) is 9.47 Å². The zero-order valence-corrected chi connectivity index (χ0v) is 14.3. The van der Waals surface area contributed by atoms with E-state index in [0.29, 0.717) is 6.10 Å². The second kappa shape index (κ2) is 7.30. The molecule has 1 aliphatic heterocycles. The first-order valence-electron chi connectivity index (χ1n) is 7.24. The van der Waals surface area contributed by atoms with Gasteiger partial charge in [-0.3, -0.25) is 4.90 Å². The third kappa shape index (κ3) is 6.48. The highest BCUT2D eigenvalue weighted by Gasteiger charge is 2.37. The van der Waals surface area contributed by atoms with Gasteiger partial charge in [0.15, 0.2) is 0 Å². The molecule has 0 unspecified atom stereocenters. The highest BCUT2D eigenvalue weighted by molar-refractivity contribution is 7.99. The Morgan fingerprint density at radius 1 is 1.11 bits per heavy atom. The first-order chi connectivity index (χ1) is 8.74. The number of hydrogen-bond acceptors (Lipinski definition) is 4. The molecule has 0 aromatic rings. The van der Waals surface area contributed by atoms with Crippen LogP contribution in [0.2, 0.25) is 0 Å². The van der Waals surface area contributed by atoms with Gasteiger partial charge in [-0.25, -0.2) is 0 Å². The molecule has 0 aliphatic carbocycles. The Kier molecular flexibility index (Phi) is 6.64. The van der Waals surface area contributed by atoms with E-state index in [0.717, 1.165) is 39.3 Å². The Morgan fingerprint density at radius 2 is 1.74 bits per heavy atom. The third-order valence-electron chi connectivity index (χ3n) is 3.43. The van der Waals surface area contributed by atoms with Gasteiger partial charge in [0.25, 0.3) is 0 Å². The monoisotopic (exact) mass is 289 g/mol. The van der Waals surface area contributed by atoms with Gasteiger partial charge in [-0.05, 0) is 31.9 Å². The van der Waals surface area contributed by atoms with Crippen LogP contribution >= 0.6 is 11.8 Å². The predicted octanol–water partition coefficient (Wildman–Crippen LogP) is 3.24. The number of rotatable bonds is 8. The first-order valence-corrected chi connectivity index (χ1v) is 8.46. The Labute approximate surface area is 123 Å². The molecule has 0 saturated carbocycles. The summed E-state index contributed by atoms with van der Waals surface area (Å²) in [4.78, 5) is 2.72. The van der Waals surface area contributed by atoms with Crippen molar-refractivity contribution >= 4 is 11.8 Å². The van der Waals surface area contributed by atoms with Crippen LogP contribution < -0.4 is 0 Å². The molecule has 1 fully saturated rings. The molecule has 0 spiro atoms. The molecule has 1 saturated heterocycles. The SMILES string of the molecule is CSC(C)(C)N1CC(OCCCOCC(C)(C)C)C1. The van der Waals surface area contributed by atoms with Gasteiger partial charge in [-0.1, -0.05) is 20.8 Å². The van der Waals surface area contributed by atoms with Crippen molar-refractivity contribution in [3.05, 3.63) is 0 Å². The molecule has 3 nitrogen and oxygen atoms in total. The van der Waals surface area contributed by atoms with Crippen molar-refractivity contribution in [1.82, 2.24) is 4.90 Å². The minimum absolute atomic E-state index is 0.246. The number of thioether (sulfide) groups is 1.